The van der Waals surface area contributed by atoms with Crippen molar-refractivity contribution in [3.8, 4) is 0 Å². The van der Waals surface area contributed by atoms with E-state index in [0.29, 0.717) is 0 Å². The molecule has 0 atom stereocenters. The predicted octanol–water partition coefficient (Wildman–Crippen LogP) is 0.337. The van der Waals surface area contributed by atoms with Crippen molar-refractivity contribution < 1.29 is 4.79 Å². The van der Waals surface area contributed by atoms with Gasteiger partial charge in [0.25, 0.3) is 0 Å². The van der Waals surface area contributed by atoms with Crippen molar-refractivity contribution in [2.24, 2.45) is 5.92 Å². The molecule has 0 rings (SSSR count). The van der Waals surface area contributed by atoms with Gasteiger partial charge in [-0.1, -0.05) is 0 Å². The summed E-state index contributed by atoms with van der Waals surface area (Å²) in [5.74, 6) is 0.217. The number of hydrogen-bond acceptors (Lipinski definition) is 1. The van der Waals surface area contributed by atoms with E-state index in [1.165, 1.54) is 22.3 Å². The molecule has 0 aromatic rings. The molecule has 0 spiro atoms. The Balaban J connectivity index is 3.26. The van der Waals surface area contributed by atoms with Crippen molar-refractivity contribution >= 4 is 26.1 Å². The first-order valence-electron chi connectivity index (χ1n) is 1.85. The van der Waals surface area contributed by atoms with Gasteiger partial charge in [0.2, 0.25) is 0 Å². The van der Waals surface area contributed by atoms with Crippen LogP contribution in [0.1, 0.15) is 13.8 Å². The molecule has 0 saturated heterocycles. The molecule has 0 saturated carbocycles. The van der Waals surface area contributed by atoms with Crippen LogP contribution in [0, 0.1) is 5.92 Å². The van der Waals surface area contributed by atoms with E-state index in [9.17, 15) is 4.79 Å². The molecule has 35 valence electrons. The summed E-state index contributed by atoms with van der Waals surface area (Å²) >= 11 is 1.54. The molecule has 0 aromatic heterocycles. The fraction of sp³-hybridized carbons (Fsp3) is 0.750. The summed E-state index contributed by atoms with van der Waals surface area (Å²) in [6.07, 6.45) is 0. The van der Waals surface area contributed by atoms with E-state index >= 15 is 0 Å². The second-order valence-corrected chi connectivity index (χ2v) is 2.62. The van der Waals surface area contributed by atoms with Crippen LogP contribution < -0.4 is 0 Å². The summed E-state index contributed by atoms with van der Waals surface area (Å²) in [5.41, 5.74) is 0. The molecule has 0 N–H and O–H groups in total. The summed E-state index contributed by atoms with van der Waals surface area (Å²) in [7, 11) is 0. The van der Waals surface area contributed by atoms with E-state index in [1.807, 2.05) is 13.8 Å². The van der Waals surface area contributed by atoms with Gasteiger partial charge < -0.3 is 0 Å². The molecule has 0 aliphatic rings. The molecule has 2 heteroatoms. The van der Waals surface area contributed by atoms with Gasteiger partial charge >= 0.3 is 50.7 Å². The van der Waals surface area contributed by atoms with E-state index in [4.69, 9.17) is 0 Å². The number of carbonyl (C=O) groups excluding carboxylic acids is 1. The molecule has 0 fully saturated rings. The molecule has 0 heterocycles. The first kappa shape index (κ1) is 6.46. The van der Waals surface area contributed by atoms with Crippen molar-refractivity contribution in [3.63, 3.8) is 0 Å². The zero-order chi connectivity index (χ0) is 5.15. The quantitative estimate of drug-likeness (QED) is 0.556. The fourth-order valence-electron chi connectivity index (χ4n) is 0. The van der Waals surface area contributed by atoms with Crippen molar-refractivity contribution in [2.45, 2.75) is 13.8 Å². The first-order chi connectivity index (χ1) is 2.64. The molecule has 0 bridgehead atoms. The normalized spacial score (nSPS) is 9.17. The number of rotatable bonds is 1. The molecule has 0 aromatic carbocycles. The van der Waals surface area contributed by atoms with Gasteiger partial charge in [-0.25, -0.2) is 0 Å². The van der Waals surface area contributed by atoms with Gasteiger partial charge in [-0.15, -0.1) is 0 Å². The Hall–Kier alpha value is 0.460. The Morgan fingerprint density at radius 2 is 1.83 bits per heavy atom. The minimum atomic E-state index is 0.217. The Bertz CT molecular complexity index is 58.6. The van der Waals surface area contributed by atoms with Crippen molar-refractivity contribution in [1.82, 2.24) is 0 Å². The van der Waals surface area contributed by atoms with Gasteiger partial charge in [-0.3, -0.25) is 0 Å². The Kier molecular flexibility index (Phi) is 2.80. The third kappa shape index (κ3) is 2.68. The van der Waals surface area contributed by atoms with Gasteiger partial charge in [-0.05, 0) is 0 Å². The molecule has 1 radical (unpaired) electrons. The van der Waals surface area contributed by atoms with Gasteiger partial charge in [0.1, 0.15) is 0 Å². The predicted molar refractivity (Wildman–Crippen MR) is 25.6 cm³/mol. The standard InChI is InChI=1S/C4H7OTe/c1-3(2)4(5)6/h3H,1-2H3. The molecular weight excluding hydrogens is 192 g/mol. The number of hydrogen-bond donors (Lipinski definition) is 0. The van der Waals surface area contributed by atoms with Crippen LogP contribution in [-0.2, 0) is 4.79 Å². The average Bonchev–Trinajstić information content (AvgIpc) is 1.36. The number of carbonyl (C=O) groups is 1. The Morgan fingerprint density at radius 1 is 1.67 bits per heavy atom. The van der Waals surface area contributed by atoms with Gasteiger partial charge in [-0.2, -0.15) is 0 Å². The zero-order valence-electron chi connectivity index (χ0n) is 3.89. The maximum atomic E-state index is 10.1. The maximum absolute atomic E-state index is 10.1. The monoisotopic (exact) mass is 201 g/mol. The average molecular weight is 199 g/mol. The van der Waals surface area contributed by atoms with Crippen LogP contribution in [0.5, 0.6) is 0 Å². The van der Waals surface area contributed by atoms with Gasteiger partial charge in [0.15, 0.2) is 0 Å². The fourth-order valence-corrected chi connectivity index (χ4v) is 0. The van der Waals surface area contributed by atoms with E-state index in [0.717, 1.165) is 0 Å². The zero-order valence-corrected chi connectivity index (χ0v) is 6.22. The third-order valence-electron chi connectivity index (χ3n) is 0.471. The van der Waals surface area contributed by atoms with Crippen LogP contribution in [0.2, 0.25) is 0 Å². The summed E-state index contributed by atoms with van der Waals surface area (Å²) < 4.78 is 0.269. The third-order valence-corrected chi connectivity index (χ3v) is 1.82. The summed E-state index contributed by atoms with van der Waals surface area (Å²) in [5, 5.41) is 0. The minimum absolute atomic E-state index is 0.217. The van der Waals surface area contributed by atoms with E-state index < -0.39 is 0 Å². The van der Waals surface area contributed by atoms with Crippen LogP contribution >= 0.6 is 0 Å². The Labute approximate surface area is 51.0 Å². The van der Waals surface area contributed by atoms with E-state index in [1.54, 1.807) is 0 Å². The summed E-state index contributed by atoms with van der Waals surface area (Å²) in [6, 6.07) is 0. The Morgan fingerprint density at radius 3 is 1.83 bits per heavy atom. The van der Waals surface area contributed by atoms with Crippen LogP contribution in [0.3, 0.4) is 0 Å². The van der Waals surface area contributed by atoms with Crippen molar-refractivity contribution in [3.05, 3.63) is 0 Å². The summed E-state index contributed by atoms with van der Waals surface area (Å²) in [6.45, 7) is 3.79. The van der Waals surface area contributed by atoms with Crippen LogP contribution in [0.25, 0.3) is 0 Å². The molecule has 0 aliphatic carbocycles. The molecule has 0 aliphatic heterocycles. The second kappa shape index (κ2) is 2.60. The first-order valence-corrected chi connectivity index (χ1v) is 3.02. The van der Waals surface area contributed by atoms with Crippen LogP contribution in [0.15, 0.2) is 0 Å². The van der Waals surface area contributed by atoms with Crippen molar-refractivity contribution in [2.75, 3.05) is 0 Å². The molecular formula is C4H7OTe. The molecule has 6 heavy (non-hydrogen) atoms. The summed E-state index contributed by atoms with van der Waals surface area (Å²) in [4.78, 5) is 10.1. The molecule has 0 amide bonds. The van der Waals surface area contributed by atoms with Crippen LogP contribution in [-0.4, -0.2) is 26.1 Å². The van der Waals surface area contributed by atoms with Gasteiger partial charge in [0, 0.05) is 0 Å². The second-order valence-electron chi connectivity index (χ2n) is 1.47. The van der Waals surface area contributed by atoms with E-state index in [2.05, 4.69) is 0 Å². The topological polar surface area (TPSA) is 17.1 Å². The molecule has 1 nitrogen and oxygen atoms in total. The van der Waals surface area contributed by atoms with Gasteiger partial charge in [0.05, 0.1) is 0 Å². The molecule has 0 unspecified atom stereocenters. The van der Waals surface area contributed by atoms with Crippen LogP contribution in [0.4, 0.5) is 0 Å². The van der Waals surface area contributed by atoms with E-state index in [-0.39, 0.29) is 9.75 Å². The SMILES string of the molecule is CC(C)C(=O)[Te]. The van der Waals surface area contributed by atoms with Crippen molar-refractivity contribution in [1.29, 1.82) is 0 Å².